The molecule has 1 aromatic heterocycles. The molecule has 0 unspecified atom stereocenters. The number of benzene rings is 1. The van der Waals surface area contributed by atoms with Crippen molar-refractivity contribution in [2.24, 2.45) is 0 Å². The van der Waals surface area contributed by atoms with Gasteiger partial charge in [-0.1, -0.05) is 6.07 Å². The first-order valence-electron chi connectivity index (χ1n) is 4.88. The first-order chi connectivity index (χ1) is 7.75. The molecule has 0 saturated carbocycles. The monoisotopic (exact) mass is 283 g/mol. The first kappa shape index (κ1) is 11.3. The van der Waals surface area contributed by atoms with Crippen LogP contribution in [0.2, 0.25) is 0 Å². The quantitative estimate of drug-likeness (QED) is 0.906. The van der Waals surface area contributed by atoms with E-state index in [1.54, 1.807) is 24.5 Å². The van der Waals surface area contributed by atoms with Crippen molar-refractivity contribution in [3.63, 3.8) is 0 Å². The second kappa shape index (κ2) is 5.23. The van der Waals surface area contributed by atoms with Gasteiger partial charge >= 0.3 is 0 Å². The molecule has 0 amide bonds. The number of aromatic nitrogens is 2. The summed E-state index contributed by atoms with van der Waals surface area (Å²) in [6.07, 6.45) is 3.50. The van der Waals surface area contributed by atoms with Gasteiger partial charge in [0.05, 0.1) is 11.0 Å². The SMILES string of the molecule is Fc1ccc(CNCc2ncc[nH]2)cc1Br. The van der Waals surface area contributed by atoms with E-state index in [1.807, 2.05) is 0 Å². The van der Waals surface area contributed by atoms with Crippen LogP contribution in [0.15, 0.2) is 35.1 Å². The number of nitrogens with one attached hydrogen (secondary N) is 2. The molecule has 2 rings (SSSR count). The summed E-state index contributed by atoms with van der Waals surface area (Å²) >= 11 is 3.16. The van der Waals surface area contributed by atoms with Crippen molar-refractivity contribution in [1.82, 2.24) is 15.3 Å². The van der Waals surface area contributed by atoms with Crippen LogP contribution < -0.4 is 5.32 Å². The van der Waals surface area contributed by atoms with Gasteiger partial charge in [0, 0.05) is 18.9 Å². The van der Waals surface area contributed by atoms with Crippen LogP contribution in [-0.4, -0.2) is 9.97 Å². The third-order valence-corrected chi connectivity index (χ3v) is 2.77. The summed E-state index contributed by atoms with van der Waals surface area (Å²) in [4.78, 5) is 7.09. The molecule has 1 heterocycles. The number of halogens is 2. The Kier molecular flexibility index (Phi) is 3.69. The third kappa shape index (κ3) is 2.90. The van der Waals surface area contributed by atoms with Gasteiger partial charge in [0.25, 0.3) is 0 Å². The van der Waals surface area contributed by atoms with Crippen LogP contribution in [0.4, 0.5) is 4.39 Å². The number of imidazole rings is 1. The van der Waals surface area contributed by atoms with Crippen molar-refractivity contribution in [2.45, 2.75) is 13.1 Å². The lowest BCUT2D eigenvalue weighted by molar-refractivity contribution is 0.617. The van der Waals surface area contributed by atoms with Gasteiger partial charge in [-0.15, -0.1) is 0 Å². The lowest BCUT2D eigenvalue weighted by Crippen LogP contribution is -2.13. The van der Waals surface area contributed by atoms with Crippen molar-refractivity contribution in [3.05, 3.63) is 52.3 Å². The Morgan fingerprint density at radius 1 is 1.38 bits per heavy atom. The minimum absolute atomic E-state index is 0.241. The Hall–Kier alpha value is -1.20. The molecule has 0 aliphatic heterocycles. The van der Waals surface area contributed by atoms with Crippen LogP contribution in [0.5, 0.6) is 0 Å². The van der Waals surface area contributed by atoms with Crippen molar-refractivity contribution in [2.75, 3.05) is 0 Å². The molecule has 0 bridgehead atoms. The van der Waals surface area contributed by atoms with E-state index < -0.39 is 0 Å². The molecule has 1 aromatic carbocycles. The summed E-state index contributed by atoms with van der Waals surface area (Å²) in [5, 5.41) is 3.21. The number of aromatic amines is 1. The molecule has 84 valence electrons. The minimum atomic E-state index is -0.241. The molecular formula is C11H11BrFN3. The van der Waals surface area contributed by atoms with Gasteiger partial charge in [0.15, 0.2) is 0 Å². The lowest BCUT2D eigenvalue weighted by atomic mass is 10.2. The Bertz CT molecular complexity index is 456. The van der Waals surface area contributed by atoms with Crippen molar-refractivity contribution in [1.29, 1.82) is 0 Å². The fraction of sp³-hybridized carbons (Fsp3) is 0.182. The average molecular weight is 284 g/mol. The highest BCUT2D eigenvalue weighted by atomic mass is 79.9. The van der Waals surface area contributed by atoms with Crippen LogP contribution >= 0.6 is 15.9 Å². The summed E-state index contributed by atoms with van der Waals surface area (Å²) in [6.45, 7) is 1.35. The van der Waals surface area contributed by atoms with E-state index in [4.69, 9.17) is 0 Å². The van der Waals surface area contributed by atoms with E-state index in [0.29, 0.717) is 17.6 Å². The van der Waals surface area contributed by atoms with Gasteiger partial charge in [-0.25, -0.2) is 9.37 Å². The van der Waals surface area contributed by atoms with Crippen molar-refractivity contribution in [3.8, 4) is 0 Å². The minimum Gasteiger partial charge on any atom is -0.348 e. The van der Waals surface area contributed by atoms with Crippen LogP contribution in [-0.2, 0) is 13.1 Å². The van der Waals surface area contributed by atoms with Crippen LogP contribution in [0.25, 0.3) is 0 Å². The molecule has 0 fully saturated rings. The van der Waals surface area contributed by atoms with E-state index >= 15 is 0 Å². The predicted octanol–water partition coefficient (Wildman–Crippen LogP) is 2.60. The summed E-state index contributed by atoms with van der Waals surface area (Å²) in [5.41, 5.74) is 1.03. The zero-order valence-electron chi connectivity index (χ0n) is 8.50. The van der Waals surface area contributed by atoms with E-state index in [-0.39, 0.29) is 5.82 Å². The van der Waals surface area contributed by atoms with Crippen molar-refractivity contribution >= 4 is 15.9 Å². The number of rotatable bonds is 4. The van der Waals surface area contributed by atoms with Crippen LogP contribution in [0, 0.1) is 5.82 Å². The van der Waals surface area contributed by atoms with E-state index in [1.165, 1.54) is 6.07 Å². The summed E-state index contributed by atoms with van der Waals surface area (Å²) < 4.78 is 13.5. The molecule has 0 radical (unpaired) electrons. The zero-order valence-corrected chi connectivity index (χ0v) is 10.1. The normalized spacial score (nSPS) is 10.6. The van der Waals surface area contributed by atoms with Gasteiger partial charge in [-0.2, -0.15) is 0 Å². The first-order valence-corrected chi connectivity index (χ1v) is 5.68. The fourth-order valence-corrected chi connectivity index (χ4v) is 1.80. The molecule has 5 heteroatoms. The molecule has 0 atom stereocenters. The third-order valence-electron chi connectivity index (χ3n) is 2.16. The molecule has 16 heavy (non-hydrogen) atoms. The number of hydrogen-bond acceptors (Lipinski definition) is 2. The Morgan fingerprint density at radius 2 is 2.25 bits per heavy atom. The Balaban J connectivity index is 1.87. The smallest absolute Gasteiger partial charge is 0.137 e. The molecular weight excluding hydrogens is 273 g/mol. The van der Waals surface area contributed by atoms with E-state index in [0.717, 1.165) is 11.4 Å². The predicted molar refractivity (Wildman–Crippen MR) is 63.2 cm³/mol. The van der Waals surface area contributed by atoms with Crippen LogP contribution in [0.1, 0.15) is 11.4 Å². The largest absolute Gasteiger partial charge is 0.348 e. The highest BCUT2D eigenvalue weighted by Crippen LogP contribution is 2.16. The van der Waals surface area contributed by atoms with Crippen molar-refractivity contribution < 1.29 is 4.39 Å². The second-order valence-electron chi connectivity index (χ2n) is 3.39. The maximum absolute atomic E-state index is 13.0. The van der Waals surface area contributed by atoms with E-state index in [9.17, 15) is 4.39 Å². The molecule has 0 saturated heterocycles. The molecule has 2 aromatic rings. The fourth-order valence-electron chi connectivity index (χ4n) is 1.37. The topological polar surface area (TPSA) is 40.7 Å². The van der Waals surface area contributed by atoms with Gasteiger partial charge in [-0.05, 0) is 33.6 Å². The Labute approximate surface area is 101 Å². The number of hydrogen-bond donors (Lipinski definition) is 2. The lowest BCUT2D eigenvalue weighted by Gasteiger charge is -2.04. The second-order valence-corrected chi connectivity index (χ2v) is 4.24. The molecule has 0 spiro atoms. The van der Waals surface area contributed by atoms with E-state index in [2.05, 4.69) is 31.2 Å². The maximum atomic E-state index is 13.0. The van der Waals surface area contributed by atoms with Gasteiger partial charge in [-0.3, -0.25) is 0 Å². The highest BCUT2D eigenvalue weighted by Gasteiger charge is 2.00. The Morgan fingerprint density at radius 3 is 2.94 bits per heavy atom. The molecule has 2 N–H and O–H groups in total. The summed E-state index contributed by atoms with van der Waals surface area (Å²) in [7, 11) is 0. The average Bonchev–Trinajstić information content (AvgIpc) is 2.76. The summed E-state index contributed by atoms with van der Waals surface area (Å²) in [6, 6.07) is 4.98. The number of nitrogens with zero attached hydrogens (tertiary/aromatic N) is 1. The van der Waals surface area contributed by atoms with Gasteiger partial charge < -0.3 is 10.3 Å². The van der Waals surface area contributed by atoms with Gasteiger partial charge in [0.2, 0.25) is 0 Å². The van der Waals surface area contributed by atoms with Gasteiger partial charge in [0.1, 0.15) is 11.6 Å². The van der Waals surface area contributed by atoms with Crippen LogP contribution in [0.3, 0.4) is 0 Å². The highest BCUT2D eigenvalue weighted by molar-refractivity contribution is 9.10. The molecule has 0 aliphatic carbocycles. The zero-order chi connectivity index (χ0) is 11.4. The molecule has 0 aliphatic rings. The number of H-pyrrole nitrogens is 1. The summed E-state index contributed by atoms with van der Waals surface area (Å²) in [5.74, 6) is 0.649. The standard InChI is InChI=1S/C11H11BrFN3/c12-9-5-8(1-2-10(9)13)6-14-7-11-15-3-4-16-11/h1-5,14H,6-7H2,(H,15,16). The maximum Gasteiger partial charge on any atom is 0.137 e. The molecule has 3 nitrogen and oxygen atoms in total.